The van der Waals surface area contributed by atoms with Crippen LogP contribution in [-0.2, 0) is 0 Å². The van der Waals surface area contributed by atoms with Crippen LogP contribution in [-0.4, -0.2) is 19.6 Å². The Bertz CT molecular complexity index is 418. The second kappa shape index (κ2) is 5.58. The van der Waals surface area contributed by atoms with Gasteiger partial charge in [-0.15, -0.1) is 0 Å². The summed E-state index contributed by atoms with van der Waals surface area (Å²) < 4.78 is 0. The van der Waals surface area contributed by atoms with Gasteiger partial charge in [0.15, 0.2) is 0 Å². The fourth-order valence-corrected chi connectivity index (χ4v) is 2.48. The van der Waals surface area contributed by atoms with Crippen molar-refractivity contribution in [1.29, 1.82) is 0 Å². The minimum Gasteiger partial charge on any atom is -0.389 e. The summed E-state index contributed by atoms with van der Waals surface area (Å²) >= 11 is 0. The summed E-state index contributed by atoms with van der Waals surface area (Å²) in [7, 11) is 0.549. The Hall–Kier alpha value is -1.45. The maximum Gasteiger partial charge on any atom is 0.110 e. The third-order valence-electron chi connectivity index (χ3n) is 2.33. The van der Waals surface area contributed by atoms with Crippen LogP contribution in [0.5, 0.6) is 0 Å². The van der Waals surface area contributed by atoms with Crippen LogP contribution in [0.2, 0.25) is 6.04 Å². The van der Waals surface area contributed by atoms with Gasteiger partial charge in [0.05, 0.1) is 6.10 Å². The smallest absolute Gasteiger partial charge is 0.110 e. The molecule has 0 saturated carbocycles. The lowest BCUT2D eigenvalue weighted by atomic mass is 10.1. The molecular weight excluding hydrogens is 214 g/mol. The van der Waals surface area contributed by atoms with Crippen molar-refractivity contribution in [1.82, 2.24) is 4.98 Å². The normalized spacial score (nSPS) is 12.3. The first kappa shape index (κ1) is 11.0. The van der Waals surface area contributed by atoms with Crippen molar-refractivity contribution in [2.75, 3.05) is 0 Å². The molecule has 0 saturated heterocycles. The maximum absolute atomic E-state index is 9.96. The molecule has 1 aromatic heterocycles. The molecule has 1 N–H and O–H groups in total. The van der Waals surface area contributed by atoms with Crippen LogP contribution >= 0.6 is 0 Å². The van der Waals surface area contributed by atoms with Gasteiger partial charge in [-0.2, -0.15) is 0 Å². The third kappa shape index (κ3) is 3.02. The first-order valence-corrected chi connectivity index (χ1v) is 6.45. The van der Waals surface area contributed by atoms with Crippen molar-refractivity contribution < 1.29 is 5.11 Å². The Labute approximate surface area is 97.8 Å². The monoisotopic (exact) mass is 227 g/mol. The van der Waals surface area contributed by atoms with Gasteiger partial charge in [-0.05, 0) is 23.7 Å². The van der Waals surface area contributed by atoms with E-state index in [0.29, 0.717) is 9.52 Å². The van der Waals surface area contributed by atoms with Gasteiger partial charge in [0.2, 0.25) is 0 Å². The fourth-order valence-electron chi connectivity index (χ4n) is 1.46. The van der Waals surface area contributed by atoms with E-state index in [4.69, 9.17) is 0 Å². The van der Waals surface area contributed by atoms with Crippen molar-refractivity contribution in [2.45, 2.75) is 12.1 Å². The summed E-state index contributed by atoms with van der Waals surface area (Å²) in [4.78, 5) is 4.25. The molecular formula is C13H13NOSi. The Balaban J connectivity index is 1.92. The molecule has 3 heteroatoms. The molecule has 0 spiro atoms. The lowest BCUT2D eigenvalue weighted by Gasteiger charge is -2.09. The molecule has 2 rings (SSSR count). The molecule has 2 nitrogen and oxygen atoms in total. The average molecular weight is 227 g/mol. The topological polar surface area (TPSA) is 33.1 Å². The second-order valence-corrected chi connectivity index (χ2v) is 4.80. The highest BCUT2D eigenvalue weighted by Gasteiger charge is 2.07. The predicted molar refractivity (Wildman–Crippen MR) is 65.8 cm³/mol. The molecule has 0 amide bonds. The number of hydrogen-bond donors (Lipinski definition) is 1. The summed E-state index contributed by atoms with van der Waals surface area (Å²) in [5.41, 5.74) is 0.978. The minimum atomic E-state index is -0.387. The molecule has 16 heavy (non-hydrogen) atoms. The van der Waals surface area contributed by atoms with Crippen molar-refractivity contribution in [3.05, 3.63) is 60.3 Å². The zero-order valence-corrected chi connectivity index (χ0v) is 9.88. The van der Waals surface area contributed by atoms with E-state index in [2.05, 4.69) is 4.98 Å². The first-order chi connectivity index (χ1) is 7.86. The van der Waals surface area contributed by atoms with E-state index in [0.717, 1.165) is 16.9 Å². The van der Waals surface area contributed by atoms with Gasteiger partial charge in [-0.1, -0.05) is 36.4 Å². The van der Waals surface area contributed by atoms with Gasteiger partial charge in [0.25, 0.3) is 0 Å². The highest BCUT2D eigenvalue weighted by atomic mass is 28.2. The van der Waals surface area contributed by atoms with E-state index >= 15 is 0 Å². The van der Waals surface area contributed by atoms with Crippen LogP contribution in [0.4, 0.5) is 0 Å². The van der Waals surface area contributed by atoms with Crippen LogP contribution in [0.15, 0.2) is 54.7 Å². The second-order valence-electron chi connectivity index (χ2n) is 3.52. The van der Waals surface area contributed by atoms with Gasteiger partial charge in [-0.3, -0.25) is 4.98 Å². The number of aromatic nitrogens is 1. The molecule has 0 bridgehead atoms. The van der Waals surface area contributed by atoms with Crippen LogP contribution in [0.3, 0.4) is 0 Å². The number of benzene rings is 1. The molecule has 0 aliphatic carbocycles. The van der Waals surface area contributed by atoms with E-state index in [1.165, 1.54) is 0 Å². The number of aliphatic hydroxyl groups is 1. The third-order valence-corrected chi connectivity index (χ3v) is 3.57. The zero-order valence-electron chi connectivity index (χ0n) is 8.88. The van der Waals surface area contributed by atoms with Crippen LogP contribution < -0.4 is 5.32 Å². The zero-order chi connectivity index (χ0) is 11.2. The van der Waals surface area contributed by atoms with Crippen molar-refractivity contribution in [3.63, 3.8) is 0 Å². The van der Waals surface area contributed by atoms with Gasteiger partial charge >= 0.3 is 0 Å². The summed E-state index contributed by atoms with van der Waals surface area (Å²) in [5.74, 6) is 0. The number of rotatable bonds is 4. The van der Waals surface area contributed by atoms with E-state index in [1.54, 1.807) is 6.20 Å². The first-order valence-electron chi connectivity index (χ1n) is 5.24. The van der Waals surface area contributed by atoms with Gasteiger partial charge in [0, 0.05) is 11.5 Å². The van der Waals surface area contributed by atoms with Crippen molar-refractivity contribution >= 4 is 14.8 Å². The SMILES string of the molecule is OC(C[Si]c1ccccn1)c1ccccc1. The summed E-state index contributed by atoms with van der Waals surface area (Å²) in [5, 5.41) is 11.0. The van der Waals surface area contributed by atoms with E-state index < -0.39 is 0 Å². The molecule has 1 heterocycles. The predicted octanol–water partition coefficient (Wildman–Crippen LogP) is 1.56. The van der Waals surface area contributed by atoms with E-state index in [-0.39, 0.29) is 6.10 Å². The van der Waals surface area contributed by atoms with Gasteiger partial charge < -0.3 is 5.11 Å². The summed E-state index contributed by atoms with van der Waals surface area (Å²) in [6.07, 6.45) is 1.40. The average Bonchev–Trinajstić information content (AvgIpc) is 2.38. The highest BCUT2D eigenvalue weighted by molar-refractivity contribution is 6.52. The number of hydrogen-bond acceptors (Lipinski definition) is 2. The molecule has 1 atom stereocenters. The number of nitrogens with zero attached hydrogens (tertiary/aromatic N) is 1. The molecule has 2 radical (unpaired) electrons. The summed E-state index contributed by atoms with van der Waals surface area (Å²) in [6, 6.07) is 16.4. The molecule has 1 unspecified atom stereocenters. The van der Waals surface area contributed by atoms with Crippen LogP contribution in [0, 0.1) is 0 Å². The highest BCUT2D eigenvalue weighted by Crippen LogP contribution is 2.15. The van der Waals surface area contributed by atoms with E-state index in [9.17, 15) is 5.11 Å². The quantitative estimate of drug-likeness (QED) is 0.804. The van der Waals surface area contributed by atoms with Gasteiger partial charge in [-0.25, -0.2) is 0 Å². The summed E-state index contributed by atoms with van der Waals surface area (Å²) in [6.45, 7) is 0. The van der Waals surface area contributed by atoms with Crippen molar-refractivity contribution in [3.8, 4) is 0 Å². The van der Waals surface area contributed by atoms with Gasteiger partial charge in [0.1, 0.15) is 9.52 Å². The fraction of sp³-hybridized carbons (Fsp3) is 0.154. The minimum absolute atomic E-state index is 0.387. The Kier molecular flexibility index (Phi) is 3.85. The lowest BCUT2D eigenvalue weighted by Crippen LogP contribution is -2.19. The molecule has 0 fully saturated rings. The number of pyridine rings is 1. The largest absolute Gasteiger partial charge is 0.389 e. The Morgan fingerprint density at radius 2 is 1.81 bits per heavy atom. The molecule has 1 aromatic carbocycles. The van der Waals surface area contributed by atoms with Crippen LogP contribution in [0.1, 0.15) is 11.7 Å². The van der Waals surface area contributed by atoms with Crippen LogP contribution in [0.25, 0.3) is 0 Å². The standard InChI is InChI=1S/C13H13NOSi/c15-12(11-6-2-1-3-7-11)10-16-13-8-4-5-9-14-13/h1-9,12,15H,10H2. The molecule has 0 aliphatic rings. The maximum atomic E-state index is 9.96. The molecule has 80 valence electrons. The Morgan fingerprint density at radius 3 is 2.50 bits per heavy atom. The van der Waals surface area contributed by atoms with E-state index in [1.807, 2.05) is 48.5 Å². The Morgan fingerprint density at radius 1 is 1.06 bits per heavy atom. The number of aliphatic hydroxyl groups excluding tert-OH is 1. The van der Waals surface area contributed by atoms with Crippen molar-refractivity contribution in [2.24, 2.45) is 0 Å². The molecule has 2 aromatic rings. The molecule has 0 aliphatic heterocycles. The lowest BCUT2D eigenvalue weighted by molar-refractivity contribution is 0.199.